The standard InChI is InChI=1S/C21H18N2O3S/c1-26-21(25)18-17(15-10-6-3-7-11-15)16(12-22)20(23-19(18)24)27-13-14-8-4-2-5-9-14/h2-11,17-18H,13H2,1H3,(H,23,24)/t17-,18-/m1/s1. The molecule has 5 nitrogen and oxygen atoms in total. The molecule has 1 aliphatic heterocycles. The molecular weight excluding hydrogens is 360 g/mol. The number of amides is 1. The van der Waals surface area contributed by atoms with Crippen LogP contribution in [-0.4, -0.2) is 19.0 Å². The number of nitrogens with zero attached hydrogens (tertiary/aromatic N) is 1. The Balaban J connectivity index is 2.01. The van der Waals surface area contributed by atoms with Gasteiger partial charge in [-0.15, -0.1) is 11.8 Å². The number of nitrogens with one attached hydrogen (secondary N) is 1. The molecule has 0 spiro atoms. The van der Waals surface area contributed by atoms with Crippen molar-refractivity contribution >= 4 is 23.6 Å². The van der Waals surface area contributed by atoms with Gasteiger partial charge in [0.05, 0.1) is 23.8 Å². The molecule has 2 aromatic carbocycles. The van der Waals surface area contributed by atoms with Crippen LogP contribution in [0, 0.1) is 17.2 Å². The fraction of sp³-hybridized carbons (Fsp3) is 0.190. The minimum Gasteiger partial charge on any atom is -0.468 e. The highest BCUT2D eigenvalue weighted by atomic mass is 32.2. The number of methoxy groups -OCH3 is 1. The lowest BCUT2D eigenvalue weighted by molar-refractivity contribution is -0.150. The van der Waals surface area contributed by atoms with Crippen molar-refractivity contribution in [3.05, 3.63) is 82.4 Å². The van der Waals surface area contributed by atoms with Crippen LogP contribution in [0.3, 0.4) is 0 Å². The third kappa shape index (κ3) is 4.04. The van der Waals surface area contributed by atoms with Crippen LogP contribution in [0.1, 0.15) is 17.0 Å². The molecule has 136 valence electrons. The van der Waals surface area contributed by atoms with Gasteiger partial charge in [-0.25, -0.2) is 0 Å². The van der Waals surface area contributed by atoms with Crippen LogP contribution in [0.5, 0.6) is 0 Å². The second-order valence-corrected chi connectivity index (χ2v) is 6.99. The van der Waals surface area contributed by atoms with Crippen molar-refractivity contribution in [3.8, 4) is 6.07 Å². The van der Waals surface area contributed by atoms with Gasteiger partial charge in [-0.2, -0.15) is 5.26 Å². The minimum absolute atomic E-state index is 0.372. The molecule has 2 aromatic rings. The molecule has 1 amide bonds. The van der Waals surface area contributed by atoms with E-state index in [0.717, 1.165) is 11.1 Å². The number of allylic oxidation sites excluding steroid dienone is 1. The van der Waals surface area contributed by atoms with Gasteiger partial charge >= 0.3 is 5.97 Å². The summed E-state index contributed by atoms with van der Waals surface area (Å²) >= 11 is 1.38. The zero-order valence-electron chi connectivity index (χ0n) is 14.7. The molecule has 27 heavy (non-hydrogen) atoms. The van der Waals surface area contributed by atoms with Crippen molar-refractivity contribution in [1.29, 1.82) is 5.26 Å². The maximum atomic E-state index is 12.7. The molecule has 0 fully saturated rings. The molecule has 0 aromatic heterocycles. The quantitative estimate of drug-likeness (QED) is 0.637. The lowest BCUT2D eigenvalue weighted by Gasteiger charge is -2.31. The first-order valence-electron chi connectivity index (χ1n) is 8.40. The monoisotopic (exact) mass is 378 g/mol. The van der Waals surface area contributed by atoms with Crippen molar-refractivity contribution in [2.24, 2.45) is 5.92 Å². The van der Waals surface area contributed by atoms with Crippen LogP contribution in [0.2, 0.25) is 0 Å². The zero-order chi connectivity index (χ0) is 19.2. The first-order valence-corrected chi connectivity index (χ1v) is 9.39. The SMILES string of the molecule is COC(=O)[C@H]1C(=O)NC(SCc2ccccc2)=C(C#N)[C@H]1c1ccccc1. The number of rotatable bonds is 5. The van der Waals surface area contributed by atoms with Gasteiger partial charge in [-0.1, -0.05) is 60.7 Å². The Morgan fingerprint density at radius 1 is 1.15 bits per heavy atom. The molecule has 6 heteroatoms. The third-order valence-electron chi connectivity index (χ3n) is 4.37. The van der Waals surface area contributed by atoms with Gasteiger partial charge in [0.1, 0.15) is 5.92 Å². The lowest BCUT2D eigenvalue weighted by atomic mass is 9.78. The summed E-state index contributed by atoms with van der Waals surface area (Å²) in [7, 11) is 1.24. The van der Waals surface area contributed by atoms with Crippen molar-refractivity contribution in [3.63, 3.8) is 0 Å². The molecule has 0 saturated carbocycles. The highest BCUT2D eigenvalue weighted by molar-refractivity contribution is 8.02. The van der Waals surface area contributed by atoms with Gasteiger partial charge in [-0.05, 0) is 11.1 Å². The molecule has 3 rings (SSSR count). The molecule has 1 N–H and O–H groups in total. The summed E-state index contributed by atoms with van der Waals surface area (Å²) in [6.07, 6.45) is 0. The number of ether oxygens (including phenoxy) is 1. The van der Waals surface area contributed by atoms with E-state index < -0.39 is 23.7 Å². The molecule has 0 aliphatic carbocycles. The topological polar surface area (TPSA) is 79.2 Å². The van der Waals surface area contributed by atoms with E-state index in [1.165, 1.54) is 18.9 Å². The van der Waals surface area contributed by atoms with Gasteiger partial charge in [-0.3, -0.25) is 9.59 Å². The number of hydrogen-bond donors (Lipinski definition) is 1. The van der Waals surface area contributed by atoms with E-state index in [9.17, 15) is 14.9 Å². The van der Waals surface area contributed by atoms with Crippen molar-refractivity contribution in [1.82, 2.24) is 5.32 Å². The summed E-state index contributed by atoms with van der Waals surface area (Å²) in [4.78, 5) is 25.0. The van der Waals surface area contributed by atoms with E-state index in [2.05, 4.69) is 11.4 Å². The molecule has 0 radical (unpaired) electrons. The molecular formula is C21H18N2O3S. The van der Waals surface area contributed by atoms with E-state index in [-0.39, 0.29) is 0 Å². The normalized spacial score (nSPS) is 19.2. The van der Waals surface area contributed by atoms with Crippen LogP contribution < -0.4 is 5.32 Å². The largest absolute Gasteiger partial charge is 0.468 e. The van der Waals surface area contributed by atoms with E-state index in [1.54, 1.807) is 0 Å². The van der Waals surface area contributed by atoms with Crippen LogP contribution >= 0.6 is 11.8 Å². The number of nitriles is 1. The second-order valence-electron chi connectivity index (χ2n) is 6.01. The average Bonchev–Trinajstić information content (AvgIpc) is 2.72. The smallest absolute Gasteiger partial charge is 0.319 e. The van der Waals surface area contributed by atoms with Gasteiger partial charge in [0, 0.05) is 11.7 Å². The number of esters is 1. The molecule has 1 heterocycles. The predicted molar refractivity (Wildman–Crippen MR) is 103 cm³/mol. The Morgan fingerprint density at radius 3 is 2.37 bits per heavy atom. The minimum atomic E-state index is -1.09. The maximum absolute atomic E-state index is 12.7. The summed E-state index contributed by atoms with van der Waals surface area (Å²) < 4.78 is 4.83. The Bertz CT molecular complexity index is 904. The average molecular weight is 378 g/mol. The fourth-order valence-electron chi connectivity index (χ4n) is 3.07. The van der Waals surface area contributed by atoms with Gasteiger partial charge in [0.25, 0.3) is 0 Å². The van der Waals surface area contributed by atoms with E-state index in [4.69, 9.17) is 4.74 Å². The molecule has 0 bridgehead atoms. The van der Waals surface area contributed by atoms with Gasteiger partial charge in [0.15, 0.2) is 0 Å². The maximum Gasteiger partial charge on any atom is 0.319 e. The third-order valence-corrected chi connectivity index (χ3v) is 5.46. The Kier molecular flexibility index (Phi) is 5.94. The van der Waals surface area contributed by atoms with Crippen molar-refractivity contribution < 1.29 is 14.3 Å². The molecule has 2 atom stereocenters. The Hall–Kier alpha value is -3.04. The summed E-state index contributed by atoms with van der Waals surface area (Å²) in [6, 6.07) is 21.1. The van der Waals surface area contributed by atoms with Crippen LogP contribution in [0.15, 0.2) is 71.3 Å². The Labute approximate surface area is 162 Å². The zero-order valence-corrected chi connectivity index (χ0v) is 15.5. The van der Waals surface area contributed by atoms with Crippen molar-refractivity contribution in [2.45, 2.75) is 11.7 Å². The molecule has 1 aliphatic rings. The van der Waals surface area contributed by atoms with E-state index in [1.807, 2.05) is 60.7 Å². The number of benzene rings is 2. The van der Waals surface area contributed by atoms with Gasteiger partial charge in [0.2, 0.25) is 5.91 Å². The fourth-order valence-corrected chi connectivity index (χ4v) is 4.07. The number of carbonyl (C=O) groups is 2. The lowest BCUT2D eigenvalue weighted by Crippen LogP contribution is -2.44. The second kappa shape index (κ2) is 8.56. The summed E-state index contributed by atoms with van der Waals surface area (Å²) in [5.74, 6) is -2.26. The van der Waals surface area contributed by atoms with Crippen molar-refractivity contribution in [2.75, 3.05) is 7.11 Å². The Morgan fingerprint density at radius 2 is 1.78 bits per heavy atom. The van der Waals surface area contributed by atoms with Gasteiger partial charge < -0.3 is 10.1 Å². The number of thioether (sulfide) groups is 1. The summed E-state index contributed by atoms with van der Waals surface area (Å²) in [5.41, 5.74) is 2.18. The number of hydrogen-bond acceptors (Lipinski definition) is 5. The predicted octanol–water partition coefficient (Wildman–Crippen LogP) is 3.36. The number of carbonyl (C=O) groups excluding carboxylic acids is 2. The molecule has 0 unspecified atom stereocenters. The van der Waals surface area contributed by atoms with Crippen LogP contribution in [0.4, 0.5) is 0 Å². The summed E-state index contributed by atoms with van der Waals surface area (Å²) in [6.45, 7) is 0. The first-order chi connectivity index (χ1) is 13.2. The highest BCUT2D eigenvalue weighted by Crippen LogP contribution is 2.40. The first kappa shape index (κ1) is 18.7. The highest BCUT2D eigenvalue weighted by Gasteiger charge is 2.44. The van der Waals surface area contributed by atoms with E-state index >= 15 is 0 Å². The van der Waals surface area contributed by atoms with E-state index in [0.29, 0.717) is 16.4 Å². The van der Waals surface area contributed by atoms with Crippen LogP contribution in [-0.2, 0) is 20.1 Å². The van der Waals surface area contributed by atoms with Crippen LogP contribution in [0.25, 0.3) is 0 Å². The molecule has 0 saturated heterocycles. The summed E-state index contributed by atoms with van der Waals surface area (Å²) in [5, 5.41) is 13.0.